The fourth-order valence-electron chi connectivity index (χ4n) is 1.94. The van der Waals surface area contributed by atoms with Gasteiger partial charge in [-0.25, -0.2) is 0 Å². The summed E-state index contributed by atoms with van der Waals surface area (Å²) in [5.74, 6) is -0.541. The highest BCUT2D eigenvalue weighted by Crippen LogP contribution is 2.24. The van der Waals surface area contributed by atoms with Crippen LogP contribution in [0.25, 0.3) is 0 Å². The van der Waals surface area contributed by atoms with E-state index >= 15 is 0 Å². The second-order valence-corrected chi connectivity index (χ2v) is 5.66. The minimum atomic E-state index is -0.316. The minimum absolute atomic E-state index is 0.0652. The van der Waals surface area contributed by atoms with Crippen molar-refractivity contribution in [2.45, 2.75) is 0 Å². The molecule has 2 amide bonds. The van der Waals surface area contributed by atoms with Gasteiger partial charge in [0.25, 0.3) is 5.91 Å². The van der Waals surface area contributed by atoms with E-state index in [1.54, 1.807) is 55.2 Å². The molecule has 0 radical (unpaired) electrons. The third kappa shape index (κ3) is 3.81. The number of hydrogen-bond donors (Lipinski definition) is 1. The Morgan fingerprint density at radius 1 is 1.23 bits per heavy atom. The first kappa shape index (κ1) is 16.4. The van der Waals surface area contributed by atoms with E-state index in [9.17, 15) is 9.59 Å². The Kier molecular flexibility index (Phi) is 5.11. The van der Waals surface area contributed by atoms with Crippen molar-refractivity contribution in [2.24, 2.45) is 7.05 Å². The Morgan fingerprint density at radius 3 is 2.55 bits per heavy atom. The molecular formula is C15H15Cl2N3O2. The predicted molar refractivity (Wildman–Crippen MR) is 87.5 cm³/mol. The van der Waals surface area contributed by atoms with Crippen LogP contribution < -0.4 is 5.32 Å². The van der Waals surface area contributed by atoms with Crippen LogP contribution in [-0.2, 0) is 11.8 Å². The summed E-state index contributed by atoms with van der Waals surface area (Å²) in [4.78, 5) is 25.5. The Morgan fingerprint density at radius 2 is 1.95 bits per heavy atom. The highest BCUT2D eigenvalue weighted by atomic mass is 35.5. The van der Waals surface area contributed by atoms with E-state index < -0.39 is 0 Å². The zero-order chi connectivity index (χ0) is 16.3. The van der Waals surface area contributed by atoms with Crippen molar-refractivity contribution in [3.8, 4) is 0 Å². The summed E-state index contributed by atoms with van der Waals surface area (Å²) < 4.78 is 1.70. The molecule has 1 heterocycles. The Hall–Kier alpha value is -1.98. The van der Waals surface area contributed by atoms with Gasteiger partial charge in [0.1, 0.15) is 5.69 Å². The molecule has 1 N–H and O–H groups in total. The van der Waals surface area contributed by atoms with Gasteiger partial charge in [-0.3, -0.25) is 9.59 Å². The molecule has 7 heteroatoms. The molecular weight excluding hydrogens is 325 g/mol. The number of hydrogen-bond acceptors (Lipinski definition) is 2. The summed E-state index contributed by atoms with van der Waals surface area (Å²) in [5.41, 5.74) is 1.05. The van der Waals surface area contributed by atoms with Gasteiger partial charge in [0.05, 0.1) is 16.6 Å². The average Bonchev–Trinajstić information content (AvgIpc) is 2.88. The molecule has 1 aromatic carbocycles. The largest absolute Gasteiger partial charge is 0.347 e. The fourth-order valence-corrected chi connectivity index (χ4v) is 2.24. The van der Waals surface area contributed by atoms with Crippen molar-refractivity contribution >= 4 is 40.7 Å². The molecule has 0 aliphatic rings. The minimum Gasteiger partial charge on any atom is -0.347 e. The molecule has 2 rings (SSSR count). The molecule has 5 nitrogen and oxygen atoms in total. The molecule has 2 aromatic rings. The smallest absolute Gasteiger partial charge is 0.270 e. The van der Waals surface area contributed by atoms with E-state index in [-0.39, 0.29) is 18.4 Å². The van der Waals surface area contributed by atoms with Crippen LogP contribution in [0.15, 0.2) is 36.5 Å². The van der Waals surface area contributed by atoms with Gasteiger partial charge in [-0.1, -0.05) is 23.2 Å². The zero-order valence-corrected chi connectivity index (χ0v) is 13.6. The van der Waals surface area contributed by atoms with Crippen molar-refractivity contribution in [3.05, 3.63) is 52.3 Å². The van der Waals surface area contributed by atoms with Crippen LogP contribution in [-0.4, -0.2) is 34.9 Å². The Labute approximate surface area is 138 Å². The van der Waals surface area contributed by atoms with Gasteiger partial charge in [-0.05, 0) is 30.3 Å². The van der Waals surface area contributed by atoms with Crippen LogP contribution in [0, 0.1) is 0 Å². The number of anilines is 1. The van der Waals surface area contributed by atoms with Crippen molar-refractivity contribution in [3.63, 3.8) is 0 Å². The lowest BCUT2D eigenvalue weighted by Gasteiger charge is -2.17. The summed E-state index contributed by atoms with van der Waals surface area (Å²) >= 11 is 11.7. The van der Waals surface area contributed by atoms with Crippen LogP contribution in [0.3, 0.4) is 0 Å². The highest BCUT2D eigenvalue weighted by molar-refractivity contribution is 6.42. The van der Waals surface area contributed by atoms with E-state index in [4.69, 9.17) is 23.2 Å². The molecule has 1 aromatic heterocycles. The molecule has 0 saturated heterocycles. The number of nitrogens with one attached hydrogen (secondary N) is 1. The van der Waals surface area contributed by atoms with E-state index in [1.807, 2.05) is 0 Å². The maximum Gasteiger partial charge on any atom is 0.270 e. The maximum absolute atomic E-state index is 12.2. The van der Waals surface area contributed by atoms with Crippen molar-refractivity contribution in [1.82, 2.24) is 9.47 Å². The summed E-state index contributed by atoms with van der Waals surface area (Å²) in [6, 6.07) is 8.27. The topological polar surface area (TPSA) is 54.3 Å². The first-order valence-corrected chi connectivity index (χ1v) is 7.26. The quantitative estimate of drug-likeness (QED) is 0.930. The van der Waals surface area contributed by atoms with Crippen LogP contribution in [0.5, 0.6) is 0 Å². The maximum atomic E-state index is 12.2. The summed E-state index contributed by atoms with van der Waals surface area (Å²) in [5, 5.41) is 3.44. The number of nitrogens with zero attached hydrogens (tertiary/aromatic N) is 2. The Balaban J connectivity index is 1.98. The molecule has 0 atom stereocenters. The molecule has 116 valence electrons. The van der Waals surface area contributed by atoms with Gasteiger partial charge in [-0.15, -0.1) is 0 Å². The second kappa shape index (κ2) is 6.85. The van der Waals surface area contributed by atoms with Crippen molar-refractivity contribution < 1.29 is 9.59 Å². The summed E-state index contributed by atoms with van der Waals surface area (Å²) in [6.45, 7) is -0.0652. The van der Waals surface area contributed by atoms with Gasteiger partial charge in [0.15, 0.2) is 0 Å². The summed E-state index contributed by atoms with van der Waals surface area (Å²) in [6.07, 6.45) is 1.77. The fraction of sp³-hybridized carbons (Fsp3) is 0.200. The highest BCUT2D eigenvalue weighted by Gasteiger charge is 2.17. The van der Waals surface area contributed by atoms with Gasteiger partial charge < -0.3 is 14.8 Å². The number of carbonyl (C=O) groups is 2. The third-order valence-electron chi connectivity index (χ3n) is 3.09. The molecule has 0 saturated carbocycles. The van der Waals surface area contributed by atoms with Gasteiger partial charge in [0, 0.05) is 26.0 Å². The number of halogens is 2. The molecule has 0 spiro atoms. The second-order valence-electron chi connectivity index (χ2n) is 4.84. The zero-order valence-electron chi connectivity index (χ0n) is 12.1. The molecule has 0 aliphatic heterocycles. The van der Waals surface area contributed by atoms with Gasteiger partial charge in [0.2, 0.25) is 5.91 Å². The van der Waals surface area contributed by atoms with Gasteiger partial charge in [-0.2, -0.15) is 0 Å². The number of benzene rings is 1. The average molecular weight is 340 g/mol. The van der Waals surface area contributed by atoms with E-state index in [2.05, 4.69) is 5.32 Å². The molecule has 0 unspecified atom stereocenters. The number of aryl methyl sites for hydroxylation is 1. The number of rotatable bonds is 4. The number of carbonyl (C=O) groups excluding carboxylic acids is 2. The monoisotopic (exact) mass is 339 g/mol. The lowest BCUT2D eigenvalue weighted by Crippen LogP contribution is -2.35. The number of aromatic nitrogens is 1. The summed E-state index contributed by atoms with van der Waals surface area (Å²) in [7, 11) is 3.35. The van der Waals surface area contributed by atoms with Crippen LogP contribution >= 0.6 is 23.2 Å². The van der Waals surface area contributed by atoms with Gasteiger partial charge >= 0.3 is 0 Å². The number of amides is 2. The Bertz CT molecular complexity index is 713. The molecule has 0 fully saturated rings. The molecule has 0 aliphatic carbocycles. The van der Waals surface area contributed by atoms with Crippen LogP contribution in [0.2, 0.25) is 10.0 Å². The van der Waals surface area contributed by atoms with E-state index in [0.717, 1.165) is 0 Å². The molecule has 0 bridgehead atoms. The lowest BCUT2D eigenvalue weighted by atomic mass is 10.3. The van der Waals surface area contributed by atoms with Crippen molar-refractivity contribution in [2.75, 3.05) is 18.9 Å². The standard InChI is InChI=1S/C15H15Cl2N3O2/c1-19-7-3-4-13(19)15(22)20(2)9-14(21)18-10-5-6-11(16)12(17)8-10/h3-8H,9H2,1-2H3,(H,18,21). The van der Waals surface area contributed by atoms with Crippen LogP contribution in [0.4, 0.5) is 5.69 Å². The SMILES string of the molecule is CN(CC(=O)Nc1ccc(Cl)c(Cl)c1)C(=O)c1cccn1C. The predicted octanol–water partition coefficient (Wildman–Crippen LogP) is 3.04. The molecule has 22 heavy (non-hydrogen) atoms. The third-order valence-corrected chi connectivity index (χ3v) is 3.83. The normalized spacial score (nSPS) is 10.4. The number of likely N-dealkylation sites (N-methyl/N-ethyl adjacent to an activating group) is 1. The van der Waals surface area contributed by atoms with Crippen LogP contribution in [0.1, 0.15) is 10.5 Å². The van der Waals surface area contributed by atoms with E-state index in [1.165, 1.54) is 4.90 Å². The first-order chi connectivity index (χ1) is 10.4. The van der Waals surface area contributed by atoms with E-state index in [0.29, 0.717) is 21.4 Å². The van der Waals surface area contributed by atoms with Crippen molar-refractivity contribution in [1.29, 1.82) is 0 Å². The first-order valence-electron chi connectivity index (χ1n) is 6.50. The lowest BCUT2D eigenvalue weighted by molar-refractivity contribution is -0.116.